The van der Waals surface area contributed by atoms with Gasteiger partial charge in [-0.25, -0.2) is 10.2 Å². The number of hydrazone groups is 1. The maximum atomic E-state index is 12.3. The van der Waals surface area contributed by atoms with Crippen LogP contribution >= 0.6 is 11.6 Å². The lowest BCUT2D eigenvalue weighted by atomic mass is 9.93. The first kappa shape index (κ1) is 17.2. The Morgan fingerprint density at radius 1 is 1.28 bits per heavy atom. The Balaban J connectivity index is 1.89. The molecule has 1 aromatic heterocycles. The fourth-order valence-corrected chi connectivity index (χ4v) is 3.11. The Bertz CT molecular complexity index is 870. The van der Waals surface area contributed by atoms with E-state index in [1.54, 1.807) is 31.2 Å². The van der Waals surface area contributed by atoms with Gasteiger partial charge in [-0.05, 0) is 31.9 Å². The first-order chi connectivity index (χ1) is 12.0. The normalized spacial score (nSPS) is 14.9. The van der Waals surface area contributed by atoms with Crippen LogP contribution in [-0.4, -0.2) is 24.7 Å². The van der Waals surface area contributed by atoms with E-state index in [1.807, 2.05) is 0 Å². The van der Waals surface area contributed by atoms with E-state index in [4.69, 9.17) is 20.8 Å². The molecule has 1 heterocycles. The molecule has 1 aliphatic rings. The lowest BCUT2D eigenvalue weighted by Gasteiger charge is -2.13. The number of carbonyl (C=O) groups is 2. The van der Waals surface area contributed by atoms with Gasteiger partial charge in [-0.1, -0.05) is 23.7 Å². The Morgan fingerprint density at radius 2 is 2.04 bits per heavy atom. The molecule has 0 unspecified atom stereocenters. The zero-order valence-electron chi connectivity index (χ0n) is 13.9. The number of esters is 1. The highest BCUT2D eigenvalue weighted by Crippen LogP contribution is 2.30. The van der Waals surface area contributed by atoms with E-state index in [0.717, 1.165) is 12.0 Å². The summed E-state index contributed by atoms with van der Waals surface area (Å²) in [5, 5.41) is 4.61. The second-order valence-corrected chi connectivity index (χ2v) is 6.09. The second-order valence-electron chi connectivity index (χ2n) is 5.68. The van der Waals surface area contributed by atoms with Crippen LogP contribution in [0.2, 0.25) is 5.02 Å². The Kier molecular flexibility index (Phi) is 4.90. The third-order valence-corrected chi connectivity index (χ3v) is 4.44. The van der Waals surface area contributed by atoms with Crippen LogP contribution in [0.3, 0.4) is 0 Å². The van der Waals surface area contributed by atoms with E-state index >= 15 is 0 Å². The highest BCUT2D eigenvalue weighted by Gasteiger charge is 2.28. The van der Waals surface area contributed by atoms with Crippen molar-refractivity contribution in [2.45, 2.75) is 26.2 Å². The van der Waals surface area contributed by atoms with Crippen molar-refractivity contribution in [1.82, 2.24) is 5.43 Å². The summed E-state index contributed by atoms with van der Waals surface area (Å²) in [6.07, 6.45) is 2.21. The summed E-state index contributed by atoms with van der Waals surface area (Å²) < 4.78 is 10.4. The van der Waals surface area contributed by atoms with Crippen molar-refractivity contribution < 1.29 is 18.7 Å². The first-order valence-corrected chi connectivity index (χ1v) is 8.23. The van der Waals surface area contributed by atoms with Crippen LogP contribution in [0, 0.1) is 6.92 Å². The highest BCUT2D eigenvalue weighted by molar-refractivity contribution is 6.33. The Labute approximate surface area is 149 Å². The number of nitrogens with one attached hydrogen (secondary N) is 1. The molecule has 6 nitrogen and oxygen atoms in total. The van der Waals surface area contributed by atoms with E-state index in [9.17, 15) is 9.59 Å². The van der Waals surface area contributed by atoms with Gasteiger partial charge in [0.25, 0.3) is 5.91 Å². The van der Waals surface area contributed by atoms with Gasteiger partial charge in [-0.3, -0.25) is 4.79 Å². The van der Waals surface area contributed by atoms with E-state index in [2.05, 4.69) is 10.5 Å². The number of hydrogen-bond donors (Lipinski definition) is 1. The minimum absolute atomic E-state index is 0.180. The molecule has 0 radical (unpaired) electrons. The van der Waals surface area contributed by atoms with Crippen molar-refractivity contribution in [2.75, 3.05) is 7.11 Å². The quantitative estimate of drug-likeness (QED) is 0.671. The molecule has 3 rings (SSSR count). The van der Waals surface area contributed by atoms with E-state index in [1.165, 1.54) is 7.11 Å². The van der Waals surface area contributed by atoms with Gasteiger partial charge >= 0.3 is 5.97 Å². The fraction of sp³-hybridized carbons (Fsp3) is 0.278. The zero-order valence-corrected chi connectivity index (χ0v) is 14.6. The van der Waals surface area contributed by atoms with E-state index < -0.39 is 5.97 Å². The van der Waals surface area contributed by atoms with Crippen LogP contribution in [0.5, 0.6) is 0 Å². The van der Waals surface area contributed by atoms with Crippen molar-refractivity contribution in [3.05, 3.63) is 57.5 Å². The topological polar surface area (TPSA) is 80.9 Å². The molecule has 1 N–H and O–H groups in total. The lowest BCUT2D eigenvalue weighted by Crippen LogP contribution is -2.22. The maximum absolute atomic E-state index is 12.3. The number of benzene rings is 1. The molecule has 0 spiro atoms. The number of methoxy groups -OCH3 is 1. The number of ether oxygens (including phenoxy) is 1. The van der Waals surface area contributed by atoms with E-state index in [-0.39, 0.29) is 11.7 Å². The number of aryl methyl sites for hydroxylation is 1. The van der Waals surface area contributed by atoms with Crippen molar-refractivity contribution in [2.24, 2.45) is 5.10 Å². The molecule has 0 saturated heterocycles. The van der Waals surface area contributed by atoms with Gasteiger partial charge in [-0.2, -0.15) is 5.10 Å². The average molecular weight is 361 g/mol. The Morgan fingerprint density at radius 3 is 2.76 bits per heavy atom. The molecule has 1 aliphatic carbocycles. The number of nitrogens with zero attached hydrogens (tertiary/aromatic N) is 1. The van der Waals surface area contributed by atoms with Crippen molar-refractivity contribution in [3.63, 3.8) is 0 Å². The molecule has 0 fully saturated rings. The van der Waals surface area contributed by atoms with Gasteiger partial charge in [0.1, 0.15) is 5.76 Å². The largest absolute Gasteiger partial charge is 0.463 e. The monoisotopic (exact) mass is 360 g/mol. The summed E-state index contributed by atoms with van der Waals surface area (Å²) >= 11 is 6.03. The summed E-state index contributed by atoms with van der Waals surface area (Å²) in [5.74, 6) is -0.0414. The van der Waals surface area contributed by atoms with Crippen LogP contribution in [0.1, 0.15) is 50.6 Å². The van der Waals surface area contributed by atoms with Crippen LogP contribution in [-0.2, 0) is 11.2 Å². The summed E-state index contributed by atoms with van der Waals surface area (Å²) in [7, 11) is 1.31. The van der Waals surface area contributed by atoms with Gasteiger partial charge in [0, 0.05) is 17.5 Å². The molecule has 2 aromatic rings. The number of fused-ring (bicyclic) bond motifs is 1. The number of rotatable bonds is 3. The van der Waals surface area contributed by atoms with Crippen LogP contribution in [0.15, 0.2) is 33.8 Å². The maximum Gasteiger partial charge on any atom is 0.374 e. The molecule has 130 valence electrons. The molecular formula is C18H17ClN2O4. The molecule has 1 aromatic carbocycles. The number of amides is 1. The number of hydrogen-bond acceptors (Lipinski definition) is 5. The minimum atomic E-state index is -0.522. The lowest BCUT2D eigenvalue weighted by molar-refractivity contribution is 0.0561. The first-order valence-electron chi connectivity index (χ1n) is 7.85. The molecule has 7 heteroatoms. The minimum Gasteiger partial charge on any atom is -0.463 e. The standard InChI is InChI=1S/C18H17ClN2O4/c1-10-15-13(8-5-9-14(15)25-16(10)18(23)24-2)20-21-17(22)11-6-3-4-7-12(11)19/h3-4,6-7H,5,8-9H2,1-2H3,(H,21,22)/b20-13+. The SMILES string of the molecule is COC(=O)c1oc2c(c1C)/C(=N/NC(=O)c1ccccc1Cl)CCC2. The summed E-state index contributed by atoms with van der Waals surface area (Å²) in [6.45, 7) is 1.78. The van der Waals surface area contributed by atoms with Gasteiger partial charge in [0.2, 0.25) is 5.76 Å². The highest BCUT2D eigenvalue weighted by atomic mass is 35.5. The third-order valence-electron chi connectivity index (χ3n) is 4.11. The molecule has 25 heavy (non-hydrogen) atoms. The van der Waals surface area contributed by atoms with Gasteiger partial charge < -0.3 is 9.15 Å². The number of carbonyl (C=O) groups excluding carboxylic acids is 2. The van der Waals surface area contributed by atoms with Crippen LogP contribution in [0.4, 0.5) is 0 Å². The molecule has 0 aliphatic heterocycles. The van der Waals surface area contributed by atoms with Crippen LogP contribution in [0.25, 0.3) is 0 Å². The van der Waals surface area contributed by atoms with Crippen molar-refractivity contribution in [3.8, 4) is 0 Å². The zero-order chi connectivity index (χ0) is 18.0. The van der Waals surface area contributed by atoms with Crippen LogP contribution < -0.4 is 5.43 Å². The van der Waals surface area contributed by atoms with Gasteiger partial charge in [0.05, 0.1) is 23.4 Å². The Hall–Kier alpha value is -2.60. The summed E-state index contributed by atoms with van der Waals surface area (Å²) in [5.41, 5.74) is 5.01. The van der Waals surface area contributed by atoms with Gasteiger partial charge in [0.15, 0.2) is 0 Å². The summed E-state index contributed by atoms with van der Waals surface area (Å²) in [6, 6.07) is 6.75. The molecule has 0 saturated carbocycles. The molecule has 0 atom stereocenters. The molecule has 0 bridgehead atoms. The van der Waals surface area contributed by atoms with Gasteiger partial charge in [-0.15, -0.1) is 0 Å². The third kappa shape index (κ3) is 3.30. The average Bonchev–Trinajstić information content (AvgIpc) is 2.97. The van der Waals surface area contributed by atoms with Crippen molar-refractivity contribution >= 4 is 29.2 Å². The van der Waals surface area contributed by atoms with E-state index in [0.29, 0.717) is 40.5 Å². The smallest absolute Gasteiger partial charge is 0.374 e. The van der Waals surface area contributed by atoms with Crippen molar-refractivity contribution in [1.29, 1.82) is 0 Å². The summed E-state index contributed by atoms with van der Waals surface area (Å²) in [4.78, 5) is 24.1. The molecular weight excluding hydrogens is 344 g/mol. The number of furan rings is 1. The predicted octanol–water partition coefficient (Wildman–Crippen LogP) is 3.50. The molecule has 1 amide bonds. The number of halogens is 1. The predicted molar refractivity (Wildman–Crippen MR) is 93.2 cm³/mol. The second kappa shape index (κ2) is 7.11. The fourth-order valence-electron chi connectivity index (χ4n) is 2.89.